The lowest BCUT2D eigenvalue weighted by molar-refractivity contribution is -0.121. The maximum Gasteiger partial charge on any atom is 0.281 e. The third-order valence-corrected chi connectivity index (χ3v) is 8.65. The van der Waals surface area contributed by atoms with E-state index >= 15 is 0 Å². The zero-order valence-corrected chi connectivity index (χ0v) is 26.8. The first-order valence-electron chi connectivity index (χ1n) is 14.4. The van der Waals surface area contributed by atoms with Gasteiger partial charge in [0.15, 0.2) is 12.4 Å². The van der Waals surface area contributed by atoms with Crippen molar-refractivity contribution >= 4 is 45.8 Å². The Morgan fingerprint density at radius 1 is 1.23 bits per heavy atom. The first-order chi connectivity index (χ1) is 20.7. The molecule has 0 spiro atoms. The van der Waals surface area contributed by atoms with Crippen LogP contribution in [-0.2, 0) is 23.5 Å². The highest BCUT2D eigenvalue weighted by molar-refractivity contribution is 8.12. The largest absolute Gasteiger partial charge is 0.481 e. The number of amides is 2. The standard InChI is InChI=1S/C18H17FN4O2S.C14H21NOS/c1-4-5-22-13-7-12(11(19)6-14(13)25-9-16(22)24)20-17-23-10-18(2,3)8-15(23)21-26-17;1-3-10-15(11-4-2)14(16)17-12-13-8-6-5-7-9-13/h1,6-7H,5,8-10H2,2-3H3;5-9H,3-4,10-12H2,1-2H3/b20-17-;. The van der Waals surface area contributed by atoms with E-state index in [9.17, 15) is 14.0 Å². The number of ether oxygens (including phenoxy) is 1. The highest BCUT2D eigenvalue weighted by Gasteiger charge is 2.31. The molecule has 0 saturated carbocycles. The molecule has 228 valence electrons. The molecule has 0 aliphatic carbocycles. The van der Waals surface area contributed by atoms with E-state index in [0.717, 1.165) is 50.5 Å². The predicted molar refractivity (Wildman–Crippen MR) is 171 cm³/mol. The molecule has 0 bridgehead atoms. The van der Waals surface area contributed by atoms with Crippen molar-refractivity contribution in [1.29, 1.82) is 0 Å². The Morgan fingerprint density at radius 3 is 2.63 bits per heavy atom. The van der Waals surface area contributed by atoms with Gasteiger partial charge in [-0.2, -0.15) is 4.37 Å². The minimum absolute atomic E-state index is 0.0964. The van der Waals surface area contributed by atoms with Crippen LogP contribution >= 0.6 is 23.3 Å². The van der Waals surface area contributed by atoms with Crippen molar-refractivity contribution in [2.24, 2.45) is 10.4 Å². The fourth-order valence-electron chi connectivity index (χ4n) is 4.89. The van der Waals surface area contributed by atoms with E-state index in [0.29, 0.717) is 16.2 Å². The zero-order valence-electron chi connectivity index (χ0n) is 25.1. The summed E-state index contributed by atoms with van der Waals surface area (Å²) in [6.45, 7) is 11.0. The number of fused-ring (bicyclic) bond motifs is 2. The number of aromatic nitrogens is 2. The lowest BCUT2D eigenvalue weighted by Crippen LogP contribution is -2.39. The number of hydrogen-bond donors (Lipinski definition) is 0. The molecule has 2 aromatic carbocycles. The normalized spacial score (nSPS) is 15.1. The average molecular weight is 624 g/mol. The number of hydrogen-bond acceptors (Lipinski definition) is 7. The van der Waals surface area contributed by atoms with Gasteiger partial charge in [-0.05, 0) is 29.9 Å². The molecule has 43 heavy (non-hydrogen) atoms. The number of anilines is 1. The smallest absolute Gasteiger partial charge is 0.281 e. The highest BCUT2D eigenvalue weighted by atomic mass is 32.2. The Bertz CT molecular complexity index is 1540. The summed E-state index contributed by atoms with van der Waals surface area (Å²) < 4.78 is 26.3. The summed E-state index contributed by atoms with van der Waals surface area (Å²) in [5, 5.41) is 0.206. The van der Waals surface area contributed by atoms with Gasteiger partial charge in [-0.3, -0.25) is 14.5 Å². The number of nitrogens with zero attached hydrogens (tertiary/aromatic N) is 5. The summed E-state index contributed by atoms with van der Waals surface area (Å²) in [5.74, 6) is 3.69. The summed E-state index contributed by atoms with van der Waals surface area (Å²) in [6, 6.07) is 12.9. The Kier molecular flexibility index (Phi) is 11.0. The van der Waals surface area contributed by atoms with E-state index in [4.69, 9.17) is 11.2 Å². The van der Waals surface area contributed by atoms with Crippen molar-refractivity contribution < 1.29 is 18.7 Å². The number of thioether (sulfide) groups is 1. The Hall–Kier alpha value is -3.62. The molecular formula is C32H38FN5O3S2. The van der Waals surface area contributed by atoms with Crippen molar-refractivity contribution in [3.05, 3.63) is 64.5 Å². The van der Waals surface area contributed by atoms with Crippen molar-refractivity contribution in [1.82, 2.24) is 13.8 Å². The molecule has 0 radical (unpaired) electrons. The molecule has 2 amide bonds. The molecule has 2 aliphatic rings. The number of carbonyl (C=O) groups is 2. The van der Waals surface area contributed by atoms with Crippen LogP contribution < -0.4 is 14.4 Å². The Labute approximate surface area is 261 Å². The van der Waals surface area contributed by atoms with Gasteiger partial charge in [-0.25, -0.2) is 9.38 Å². The number of halogens is 1. The molecule has 5 rings (SSSR count). The van der Waals surface area contributed by atoms with Gasteiger partial charge < -0.3 is 14.2 Å². The van der Waals surface area contributed by atoms with Gasteiger partial charge >= 0.3 is 0 Å². The van der Waals surface area contributed by atoms with Gasteiger partial charge in [0.2, 0.25) is 4.80 Å². The third-order valence-electron chi connectivity index (χ3n) is 6.89. The van der Waals surface area contributed by atoms with Crippen LogP contribution in [0.5, 0.6) is 5.75 Å². The quantitative estimate of drug-likeness (QED) is 0.271. The number of benzene rings is 2. The second kappa shape index (κ2) is 14.7. The van der Waals surface area contributed by atoms with Crippen LogP contribution in [0.15, 0.2) is 47.5 Å². The van der Waals surface area contributed by atoms with Gasteiger partial charge in [0.05, 0.1) is 12.2 Å². The van der Waals surface area contributed by atoms with Crippen molar-refractivity contribution in [2.75, 3.05) is 31.1 Å². The van der Waals surface area contributed by atoms with Gasteiger partial charge in [-0.1, -0.05) is 75.7 Å². The Morgan fingerprint density at radius 2 is 1.95 bits per heavy atom. The molecule has 3 aromatic rings. The SMILES string of the molecule is C#CCN1C(=O)COc2cc(F)c(/N=c3\snc4n3CC(C)(C)C4)cc21.CCCN(CCC)C(=O)SCc1ccccc1. The van der Waals surface area contributed by atoms with Gasteiger partial charge in [0.1, 0.15) is 17.3 Å². The molecule has 0 unspecified atom stereocenters. The minimum Gasteiger partial charge on any atom is -0.481 e. The topological polar surface area (TPSA) is 80.0 Å². The summed E-state index contributed by atoms with van der Waals surface area (Å²) in [7, 11) is 0. The summed E-state index contributed by atoms with van der Waals surface area (Å²) in [6.07, 6.45) is 8.27. The van der Waals surface area contributed by atoms with E-state index in [1.165, 1.54) is 45.9 Å². The molecular weight excluding hydrogens is 586 g/mol. The van der Waals surface area contributed by atoms with Crippen LogP contribution in [0.2, 0.25) is 0 Å². The van der Waals surface area contributed by atoms with Crippen LogP contribution in [0.4, 0.5) is 20.6 Å². The monoisotopic (exact) mass is 623 g/mol. The molecule has 0 saturated heterocycles. The fourth-order valence-corrected chi connectivity index (χ4v) is 6.50. The fraction of sp³-hybridized carbons (Fsp3) is 0.438. The van der Waals surface area contributed by atoms with Crippen LogP contribution in [0, 0.1) is 23.6 Å². The van der Waals surface area contributed by atoms with E-state index < -0.39 is 5.82 Å². The molecule has 1 aromatic heterocycles. The number of rotatable bonds is 8. The Balaban J connectivity index is 0.000000217. The van der Waals surface area contributed by atoms with Crippen molar-refractivity contribution in [3.63, 3.8) is 0 Å². The van der Waals surface area contributed by atoms with Crippen molar-refractivity contribution in [3.8, 4) is 18.1 Å². The molecule has 0 atom stereocenters. The second-order valence-corrected chi connectivity index (χ2v) is 12.8. The van der Waals surface area contributed by atoms with E-state index in [2.05, 4.69) is 55.1 Å². The first kappa shape index (κ1) is 32.3. The lowest BCUT2D eigenvalue weighted by atomic mass is 9.92. The predicted octanol–water partition coefficient (Wildman–Crippen LogP) is 6.42. The van der Waals surface area contributed by atoms with Crippen LogP contribution in [-0.4, -0.2) is 51.2 Å². The van der Waals surface area contributed by atoms with Crippen molar-refractivity contribution in [2.45, 2.75) is 59.3 Å². The van der Waals surface area contributed by atoms with E-state index in [1.807, 2.05) is 27.7 Å². The van der Waals surface area contributed by atoms with E-state index in [-0.39, 0.29) is 35.4 Å². The molecule has 3 heterocycles. The number of carbonyl (C=O) groups excluding carboxylic acids is 2. The van der Waals surface area contributed by atoms with Crippen LogP contribution in [0.1, 0.15) is 51.9 Å². The molecule has 2 aliphatic heterocycles. The summed E-state index contributed by atoms with van der Waals surface area (Å²) in [4.78, 5) is 32.5. The van der Waals surface area contributed by atoms with E-state index in [1.54, 1.807) is 0 Å². The maximum absolute atomic E-state index is 14.5. The molecule has 0 fully saturated rings. The summed E-state index contributed by atoms with van der Waals surface area (Å²) >= 11 is 2.65. The van der Waals surface area contributed by atoms with Crippen LogP contribution in [0.25, 0.3) is 0 Å². The summed E-state index contributed by atoms with van der Waals surface area (Å²) in [5.41, 5.74) is 1.89. The van der Waals surface area contributed by atoms with Crippen LogP contribution in [0.3, 0.4) is 0 Å². The molecule has 8 nitrogen and oxygen atoms in total. The third kappa shape index (κ3) is 8.27. The average Bonchev–Trinajstić information content (AvgIpc) is 3.49. The highest BCUT2D eigenvalue weighted by Crippen LogP contribution is 2.37. The second-order valence-electron chi connectivity index (χ2n) is 11.2. The molecule has 11 heteroatoms. The molecule has 0 N–H and O–H groups in total. The maximum atomic E-state index is 14.5. The minimum atomic E-state index is -0.515. The van der Waals surface area contributed by atoms with Gasteiger partial charge in [0, 0.05) is 49.4 Å². The van der Waals surface area contributed by atoms with Gasteiger partial charge in [-0.15, -0.1) is 6.42 Å². The van der Waals surface area contributed by atoms with Gasteiger partial charge in [0.25, 0.3) is 11.1 Å². The zero-order chi connectivity index (χ0) is 31.0. The first-order valence-corrected chi connectivity index (χ1v) is 16.2. The number of terminal acetylenes is 1. The lowest BCUT2D eigenvalue weighted by Gasteiger charge is -2.28.